The molecule has 1 aliphatic rings. The third kappa shape index (κ3) is 2.32. The summed E-state index contributed by atoms with van der Waals surface area (Å²) in [4.78, 5) is 12.2. The van der Waals surface area contributed by atoms with Gasteiger partial charge in [0.15, 0.2) is 17.3 Å². The number of alkyl halides is 2. The van der Waals surface area contributed by atoms with Crippen LogP contribution in [0.1, 0.15) is 15.9 Å². The zero-order valence-electron chi connectivity index (χ0n) is 9.90. The number of ketones is 1. The monoisotopic (exact) mass is 296 g/mol. The quantitative estimate of drug-likeness (QED) is 0.789. The van der Waals surface area contributed by atoms with Crippen molar-refractivity contribution in [2.45, 2.75) is 6.29 Å². The molecule has 20 heavy (non-hydrogen) atoms. The Morgan fingerprint density at radius 1 is 0.950 bits per heavy atom. The van der Waals surface area contributed by atoms with Crippen molar-refractivity contribution in [3.63, 3.8) is 0 Å². The molecule has 0 radical (unpaired) electrons. The summed E-state index contributed by atoms with van der Waals surface area (Å²) in [5, 5.41) is 0.506. The van der Waals surface area contributed by atoms with Gasteiger partial charge in [0.05, 0.1) is 0 Å². The second-order valence-electron chi connectivity index (χ2n) is 4.17. The van der Waals surface area contributed by atoms with E-state index in [2.05, 4.69) is 9.47 Å². The molecule has 102 valence electrons. The third-order valence-electron chi connectivity index (χ3n) is 2.77. The highest BCUT2D eigenvalue weighted by molar-refractivity contribution is 6.30. The van der Waals surface area contributed by atoms with Crippen LogP contribution in [0.4, 0.5) is 8.78 Å². The van der Waals surface area contributed by atoms with E-state index in [1.54, 1.807) is 24.3 Å². The van der Waals surface area contributed by atoms with Crippen LogP contribution in [0.3, 0.4) is 0 Å². The van der Waals surface area contributed by atoms with Crippen molar-refractivity contribution in [1.82, 2.24) is 0 Å². The van der Waals surface area contributed by atoms with Gasteiger partial charge in [-0.25, -0.2) is 0 Å². The average molecular weight is 297 g/mol. The molecule has 0 saturated heterocycles. The number of carbonyl (C=O) groups excluding carboxylic acids is 1. The van der Waals surface area contributed by atoms with Crippen molar-refractivity contribution < 1.29 is 23.0 Å². The van der Waals surface area contributed by atoms with Crippen molar-refractivity contribution in [2.24, 2.45) is 0 Å². The molecule has 2 aromatic rings. The van der Waals surface area contributed by atoms with Gasteiger partial charge in [0.1, 0.15) is 0 Å². The van der Waals surface area contributed by atoms with Crippen molar-refractivity contribution in [3.05, 3.63) is 58.6 Å². The number of benzene rings is 2. The lowest BCUT2D eigenvalue weighted by Crippen LogP contribution is -2.25. The molecular formula is C14H7ClF2O3. The molecule has 6 heteroatoms. The van der Waals surface area contributed by atoms with E-state index in [0.717, 1.165) is 0 Å². The largest absolute Gasteiger partial charge is 0.586 e. The number of fused-ring (bicyclic) bond motifs is 1. The zero-order valence-corrected chi connectivity index (χ0v) is 10.7. The van der Waals surface area contributed by atoms with E-state index in [4.69, 9.17) is 11.6 Å². The highest BCUT2D eigenvalue weighted by atomic mass is 35.5. The Hall–Kier alpha value is -2.14. The fraction of sp³-hybridized carbons (Fsp3) is 0.0714. The van der Waals surface area contributed by atoms with Gasteiger partial charge in [-0.15, -0.1) is 8.78 Å². The lowest BCUT2D eigenvalue weighted by molar-refractivity contribution is -0.286. The Kier molecular flexibility index (Phi) is 2.87. The van der Waals surface area contributed by atoms with E-state index in [0.29, 0.717) is 10.6 Å². The molecule has 0 amide bonds. The highest BCUT2D eigenvalue weighted by Gasteiger charge is 2.43. The first-order valence-corrected chi connectivity index (χ1v) is 6.02. The van der Waals surface area contributed by atoms with Crippen LogP contribution in [0.25, 0.3) is 0 Å². The number of hydrogen-bond donors (Lipinski definition) is 0. The summed E-state index contributed by atoms with van der Waals surface area (Å²) >= 11 is 5.74. The van der Waals surface area contributed by atoms with Gasteiger partial charge in [-0.2, -0.15) is 0 Å². The molecule has 3 nitrogen and oxygen atoms in total. The fourth-order valence-corrected chi connectivity index (χ4v) is 1.98. The average Bonchev–Trinajstić information content (AvgIpc) is 2.71. The predicted octanol–water partition coefficient (Wildman–Crippen LogP) is 3.89. The Balaban J connectivity index is 1.93. The van der Waals surface area contributed by atoms with Gasteiger partial charge in [-0.1, -0.05) is 11.6 Å². The number of ether oxygens (including phenoxy) is 2. The standard InChI is InChI=1S/C14H7ClF2O3/c15-10-4-1-8(2-5-10)13(18)9-3-6-11-12(7-9)20-14(16,17)19-11/h1-7H. The van der Waals surface area contributed by atoms with Gasteiger partial charge in [0, 0.05) is 16.1 Å². The van der Waals surface area contributed by atoms with Crippen LogP contribution < -0.4 is 9.47 Å². The molecule has 0 saturated carbocycles. The topological polar surface area (TPSA) is 35.5 Å². The molecule has 0 unspecified atom stereocenters. The molecule has 0 fully saturated rings. The summed E-state index contributed by atoms with van der Waals surface area (Å²) in [6, 6.07) is 10.2. The third-order valence-corrected chi connectivity index (χ3v) is 3.02. The lowest BCUT2D eigenvalue weighted by atomic mass is 10.0. The summed E-state index contributed by atoms with van der Waals surface area (Å²) < 4.78 is 34.4. The molecular weight excluding hydrogens is 290 g/mol. The van der Waals surface area contributed by atoms with Crippen LogP contribution in [0, 0.1) is 0 Å². The molecule has 0 aliphatic carbocycles. The summed E-state index contributed by atoms with van der Waals surface area (Å²) in [5.41, 5.74) is 0.632. The maximum atomic E-state index is 12.9. The number of rotatable bonds is 2. The highest BCUT2D eigenvalue weighted by Crippen LogP contribution is 2.41. The summed E-state index contributed by atoms with van der Waals surface area (Å²) in [5.74, 6) is -0.569. The van der Waals surface area contributed by atoms with E-state index < -0.39 is 6.29 Å². The van der Waals surface area contributed by atoms with Gasteiger partial charge < -0.3 is 9.47 Å². The SMILES string of the molecule is O=C(c1ccc(Cl)cc1)c1ccc2c(c1)OC(F)(F)O2. The van der Waals surface area contributed by atoms with Crippen molar-refractivity contribution >= 4 is 17.4 Å². The van der Waals surface area contributed by atoms with Crippen molar-refractivity contribution in [2.75, 3.05) is 0 Å². The summed E-state index contributed by atoms with van der Waals surface area (Å²) in [7, 11) is 0. The summed E-state index contributed by atoms with van der Waals surface area (Å²) in [6.45, 7) is 0. The molecule has 3 rings (SSSR count). The summed E-state index contributed by atoms with van der Waals surface area (Å²) in [6.07, 6.45) is -3.69. The van der Waals surface area contributed by atoms with Crippen LogP contribution in [0.15, 0.2) is 42.5 Å². The van der Waals surface area contributed by atoms with E-state index in [-0.39, 0.29) is 22.8 Å². The second-order valence-corrected chi connectivity index (χ2v) is 4.60. The Bertz CT molecular complexity index is 683. The Morgan fingerprint density at radius 3 is 2.25 bits per heavy atom. The molecule has 0 N–H and O–H groups in total. The fourth-order valence-electron chi connectivity index (χ4n) is 1.86. The minimum atomic E-state index is -3.69. The van der Waals surface area contributed by atoms with Crippen LogP contribution in [-0.2, 0) is 0 Å². The van der Waals surface area contributed by atoms with Crippen LogP contribution >= 0.6 is 11.6 Å². The minimum Gasteiger partial charge on any atom is -0.395 e. The Labute approximate surface area is 117 Å². The first-order valence-electron chi connectivity index (χ1n) is 5.65. The van der Waals surface area contributed by atoms with Gasteiger partial charge in [-0.3, -0.25) is 4.79 Å². The lowest BCUT2D eigenvalue weighted by Gasteiger charge is -2.04. The smallest absolute Gasteiger partial charge is 0.395 e. The number of carbonyl (C=O) groups is 1. The zero-order chi connectivity index (χ0) is 14.3. The van der Waals surface area contributed by atoms with Gasteiger partial charge in [0.2, 0.25) is 0 Å². The van der Waals surface area contributed by atoms with Crippen LogP contribution in [0.5, 0.6) is 11.5 Å². The van der Waals surface area contributed by atoms with E-state index >= 15 is 0 Å². The minimum absolute atomic E-state index is 0.0948. The van der Waals surface area contributed by atoms with Crippen molar-refractivity contribution in [3.8, 4) is 11.5 Å². The second kappa shape index (κ2) is 4.45. The van der Waals surface area contributed by atoms with Crippen molar-refractivity contribution in [1.29, 1.82) is 0 Å². The molecule has 0 aromatic heterocycles. The Morgan fingerprint density at radius 2 is 1.55 bits per heavy atom. The van der Waals surface area contributed by atoms with E-state index in [1.807, 2.05) is 0 Å². The van der Waals surface area contributed by atoms with E-state index in [1.165, 1.54) is 18.2 Å². The first kappa shape index (κ1) is 12.9. The van der Waals surface area contributed by atoms with Gasteiger partial charge in [0.25, 0.3) is 0 Å². The predicted molar refractivity (Wildman–Crippen MR) is 67.5 cm³/mol. The maximum Gasteiger partial charge on any atom is 0.586 e. The van der Waals surface area contributed by atoms with Crippen LogP contribution in [-0.4, -0.2) is 12.1 Å². The van der Waals surface area contributed by atoms with Gasteiger partial charge in [-0.05, 0) is 42.5 Å². The normalized spacial score (nSPS) is 15.2. The number of halogens is 3. The van der Waals surface area contributed by atoms with Gasteiger partial charge >= 0.3 is 6.29 Å². The van der Waals surface area contributed by atoms with E-state index in [9.17, 15) is 13.6 Å². The maximum absolute atomic E-state index is 12.9. The molecule has 0 atom stereocenters. The molecule has 0 bridgehead atoms. The molecule has 2 aromatic carbocycles. The molecule has 1 aliphatic heterocycles. The molecule has 0 spiro atoms. The first-order chi connectivity index (χ1) is 9.44. The van der Waals surface area contributed by atoms with Crippen LogP contribution in [0.2, 0.25) is 5.02 Å². The number of hydrogen-bond acceptors (Lipinski definition) is 3. The molecule has 1 heterocycles.